The van der Waals surface area contributed by atoms with E-state index in [2.05, 4.69) is 16.8 Å². The summed E-state index contributed by atoms with van der Waals surface area (Å²) in [4.78, 5) is 12.1. The molecule has 0 fully saturated rings. The van der Waals surface area contributed by atoms with Gasteiger partial charge in [-0.15, -0.1) is 11.3 Å². The highest BCUT2D eigenvalue weighted by molar-refractivity contribution is 7.09. The Labute approximate surface area is 94.1 Å². The molecule has 4 heteroatoms. The second kappa shape index (κ2) is 5.28. The average molecular weight is 227 g/mol. The molecule has 0 bridgehead atoms. The molecule has 0 aliphatic carbocycles. The van der Waals surface area contributed by atoms with Crippen LogP contribution in [0, 0.1) is 5.41 Å². The van der Waals surface area contributed by atoms with Gasteiger partial charge in [0.1, 0.15) is 0 Å². The van der Waals surface area contributed by atoms with E-state index in [4.69, 9.17) is 5.11 Å². The summed E-state index contributed by atoms with van der Waals surface area (Å²) in [6, 6.07) is 4.12. The van der Waals surface area contributed by atoms with Crippen LogP contribution in [0.2, 0.25) is 0 Å². The fourth-order valence-electron chi connectivity index (χ4n) is 1.14. The summed E-state index contributed by atoms with van der Waals surface area (Å²) >= 11 is 1.73. The molecule has 3 nitrogen and oxygen atoms in total. The lowest BCUT2D eigenvalue weighted by Gasteiger charge is -2.19. The lowest BCUT2D eigenvalue weighted by Crippen LogP contribution is -2.36. The van der Waals surface area contributed by atoms with Gasteiger partial charge in [-0.1, -0.05) is 6.07 Å². The number of aliphatic carboxylic acids is 1. The highest BCUT2D eigenvalue weighted by Gasteiger charge is 2.26. The Morgan fingerprint density at radius 1 is 1.60 bits per heavy atom. The first-order valence-electron chi connectivity index (χ1n) is 4.99. The van der Waals surface area contributed by atoms with Crippen molar-refractivity contribution in [3.63, 3.8) is 0 Å². The largest absolute Gasteiger partial charge is 0.481 e. The number of rotatable bonds is 6. The first-order valence-corrected chi connectivity index (χ1v) is 5.87. The topological polar surface area (TPSA) is 49.3 Å². The van der Waals surface area contributed by atoms with Gasteiger partial charge in [-0.2, -0.15) is 0 Å². The molecule has 1 aromatic rings. The van der Waals surface area contributed by atoms with Crippen LogP contribution in [0.1, 0.15) is 18.7 Å². The van der Waals surface area contributed by atoms with E-state index in [1.165, 1.54) is 4.88 Å². The van der Waals surface area contributed by atoms with E-state index in [0.717, 1.165) is 13.0 Å². The summed E-state index contributed by atoms with van der Waals surface area (Å²) in [6.45, 7) is 4.80. The summed E-state index contributed by atoms with van der Waals surface area (Å²) in [5.74, 6) is -0.758. The van der Waals surface area contributed by atoms with Gasteiger partial charge in [0.05, 0.1) is 5.41 Å². The van der Waals surface area contributed by atoms with Crippen LogP contribution in [0.3, 0.4) is 0 Å². The van der Waals surface area contributed by atoms with Gasteiger partial charge in [-0.3, -0.25) is 4.79 Å². The molecule has 0 spiro atoms. The molecule has 0 amide bonds. The van der Waals surface area contributed by atoms with Crippen molar-refractivity contribution in [2.75, 3.05) is 13.1 Å². The first-order chi connectivity index (χ1) is 7.02. The third-order valence-electron chi connectivity index (χ3n) is 2.27. The van der Waals surface area contributed by atoms with E-state index in [1.54, 1.807) is 25.2 Å². The second-order valence-electron chi connectivity index (χ2n) is 4.20. The Morgan fingerprint density at radius 3 is 2.87 bits per heavy atom. The maximum atomic E-state index is 10.8. The highest BCUT2D eigenvalue weighted by Crippen LogP contribution is 2.13. The van der Waals surface area contributed by atoms with Crippen molar-refractivity contribution in [2.45, 2.75) is 20.3 Å². The SMILES string of the molecule is CC(C)(CNCCc1cccs1)C(=O)O. The molecular formula is C11H17NO2S. The molecule has 1 rings (SSSR count). The molecule has 0 aromatic carbocycles. The van der Waals surface area contributed by atoms with Crippen LogP contribution >= 0.6 is 11.3 Å². The molecule has 15 heavy (non-hydrogen) atoms. The quantitative estimate of drug-likeness (QED) is 0.731. The predicted molar refractivity (Wildman–Crippen MR) is 62.3 cm³/mol. The van der Waals surface area contributed by atoms with Gasteiger partial charge in [0, 0.05) is 11.4 Å². The lowest BCUT2D eigenvalue weighted by molar-refractivity contribution is -0.146. The monoisotopic (exact) mass is 227 g/mol. The van der Waals surface area contributed by atoms with Crippen LogP contribution < -0.4 is 5.32 Å². The van der Waals surface area contributed by atoms with Crippen LogP contribution in [-0.2, 0) is 11.2 Å². The van der Waals surface area contributed by atoms with Gasteiger partial charge in [0.15, 0.2) is 0 Å². The molecule has 1 aromatic heterocycles. The second-order valence-corrected chi connectivity index (χ2v) is 5.23. The zero-order valence-electron chi connectivity index (χ0n) is 9.12. The summed E-state index contributed by atoms with van der Waals surface area (Å²) in [5, 5.41) is 14.1. The van der Waals surface area contributed by atoms with Crippen molar-refractivity contribution in [2.24, 2.45) is 5.41 Å². The molecule has 0 radical (unpaired) electrons. The molecular weight excluding hydrogens is 210 g/mol. The number of carboxylic acids is 1. The van der Waals surface area contributed by atoms with Gasteiger partial charge in [0.25, 0.3) is 0 Å². The fraction of sp³-hybridized carbons (Fsp3) is 0.545. The van der Waals surface area contributed by atoms with Crippen molar-refractivity contribution in [1.82, 2.24) is 5.32 Å². The lowest BCUT2D eigenvalue weighted by atomic mass is 9.94. The summed E-state index contributed by atoms with van der Waals surface area (Å²) in [6.07, 6.45) is 0.966. The van der Waals surface area contributed by atoms with Crippen LogP contribution in [0.25, 0.3) is 0 Å². The Bertz CT molecular complexity index is 306. The number of nitrogens with one attached hydrogen (secondary N) is 1. The van der Waals surface area contributed by atoms with Crippen molar-refractivity contribution >= 4 is 17.3 Å². The van der Waals surface area contributed by atoms with Gasteiger partial charge in [0.2, 0.25) is 0 Å². The van der Waals surface area contributed by atoms with Crippen molar-refractivity contribution in [1.29, 1.82) is 0 Å². The van der Waals surface area contributed by atoms with E-state index in [-0.39, 0.29) is 0 Å². The van der Waals surface area contributed by atoms with Gasteiger partial charge in [-0.05, 0) is 38.3 Å². The maximum absolute atomic E-state index is 10.8. The molecule has 0 saturated carbocycles. The van der Waals surface area contributed by atoms with Gasteiger partial charge >= 0.3 is 5.97 Å². The Morgan fingerprint density at radius 2 is 2.33 bits per heavy atom. The zero-order valence-corrected chi connectivity index (χ0v) is 9.93. The molecule has 0 aliphatic heterocycles. The van der Waals surface area contributed by atoms with Crippen LogP contribution in [0.4, 0.5) is 0 Å². The molecule has 84 valence electrons. The fourth-order valence-corrected chi connectivity index (χ4v) is 1.85. The number of hydrogen-bond donors (Lipinski definition) is 2. The first kappa shape index (κ1) is 12.2. The third-order valence-corrected chi connectivity index (χ3v) is 3.21. The zero-order chi connectivity index (χ0) is 11.3. The third kappa shape index (κ3) is 4.01. The molecule has 0 unspecified atom stereocenters. The van der Waals surface area contributed by atoms with Gasteiger partial charge < -0.3 is 10.4 Å². The summed E-state index contributed by atoms with van der Waals surface area (Å²) in [7, 11) is 0. The summed E-state index contributed by atoms with van der Waals surface area (Å²) in [5.41, 5.74) is -0.685. The van der Waals surface area contributed by atoms with Crippen molar-refractivity contribution < 1.29 is 9.90 Å². The van der Waals surface area contributed by atoms with Crippen molar-refractivity contribution in [3.05, 3.63) is 22.4 Å². The van der Waals surface area contributed by atoms with Crippen LogP contribution in [0.15, 0.2) is 17.5 Å². The predicted octanol–water partition coefficient (Wildman–Crippen LogP) is 1.99. The van der Waals surface area contributed by atoms with E-state index in [1.807, 2.05) is 6.07 Å². The highest BCUT2D eigenvalue weighted by atomic mass is 32.1. The molecule has 1 heterocycles. The Kier molecular flexibility index (Phi) is 4.29. The number of hydrogen-bond acceptors (Lipinski definition) is 3. The van der Waals surface area contributed by atoms with Crippen LogP contribution in [-0.4, -0.2) is 24.2 Å². The Balaban J connectivity index is 2.19. The standard InChI is InChI=1S/C11H17NO2S/c1-11(2,10(13)14)8-12-6-5-9-4-3-7-15-9/h3-4,7,12H,5-6,8H2,1-2H3,(H,13,14). The number of carboxylic acid groups (broad SMARTS) is 1. The van der Waals surface area contributed by atoms with Crippen LogP contribution in [0.5, 0.6) is 0 Å². The number of carbonyl (C=O) groups is 1. The molecule has 0 aliphatic rings. The van der Waals surface area contributed by atoms with E-state index in [0.29, 0.717) is 6.54 Å². The molecule has 0 saturated heterocycles. The van der Waals surface area contributed by atoms with Gasteiger partial charge in [-0.25, -0.2) is 0 Å². The minimum absolute atomic E-state index is 0.508. The molecule has 0 atom stereocenters. The van der Waals surface area contributed by atoms with E-state index < -0.39 is 11.4 Å². The average Bonchev–Trinajstić information content (AvgIpc) is 2.64. The smallest absolute Gasteiger partial charge is 0.310 e. The van der Waals surface area contributed by atoms with E-state index >= 15 is 0 Å². The minimum Gasteiger partial charge on any atom is -0.481 e. The minimum atomic E-state index is -0.758. The normalized spacial score (nSPS) is 11.6. The summed E-state index contributed by atoms with van der Waals surface area (Å²) < 4.78 is 0. The maximum Gasteiger partial charge on any atom is 0.310 e. The Hall–Kier alpha value is -0.870. The number of thiophene rings is 1. The molecule has 2 N–H and O–H groups in total. The van der Waals surface area contributed by atoms with Crippen molar-refractivity contribution in [3.8, 4) is 0 Å². The van der Waals surface area contributed by atoms with E-state index in [9.17, 15) is 4.79 Å².